The molecule has 0 aromatic heterocycles. The number of hydrogen-bond acceptors (Lipinski definition) is 4. The van der Waals surface area contributed by atoms with Gasteiger partial charge in [-0.15, -0.1) is 0 Å². The van der Waals surface area contributed by atoms with Crippen LogP contribution in [-0.4, -0.2) is 18.9 Å². The van der Waals surface area contributed by atoms with Gasteiger partial charge in [-0.1, -0.05) is 17.3 Å². The Kier molecular flexibility index (Phi) is 5.48. The van der Waals surface area contributed by atoms with Crippen molar-refractivity contribution in [2.24, 2.45) is 5.16 Å². The number of oxime groups is 1. The van der Waals surface area contributed by atoms with Gasteiger partial charge in [0.25, 0.3) is 0 Å². The van der Waals surface area contributed by atoms with E-state index in [4.69, 9.17) is 4.74 Å². The second-order valence-corrected chi connectivity index (χ2v) is 4.25. The molecule has 0 saturated carbocycles. The molecule has 2 aromatic carbocycles. The first-order valence-electron chi connectivity index (χ1n) is 6.67. The normalized spacial score (nSPS) is 10.5. The van der Waals surface area contributed by atoms with E-state index in [1.54, 1.807) is 24.3 Å². The molecule has 2 aromatic rings. The number of amides is 1. The Balaban J connectivity index is 1.83. The van der Waals surface area contributed by atoms with Gasteiger partial charge >= 0.3 is 6.09 Å². The Bertz CT molecular complexity index is 639. The number of nitrogens with zero attached hydrogens (tertiary/aromatic N) is 1. The lowest BCUT2D eigenvalue weighted by Gasteiger charge is -2.05. The molecular formula is C16H15FN2O3. The summed E-state index contributed by atoms with van der Waals surface area (Å²) >= 11 is 0. The van der Waals surface area contributed by atoms with Gasteiger partial charge < -0.3 is 4.74 Å². The third-order valence-electron chi connectivity index (χ3n) is 2.62. The summed E-state index contributed by atoms with van der Waals surface area (Å²) in [5, 5.41) is 6.05. The molecule has 0 aliphatic carbocycles. The number of rotatable bonds is 5. The lowest BCUT2D eigenvalue weighted by Crippen LogP contribution is -2.10. The quantitative estimate of drug-likeness (QED) is 0.519. The first-order chi connectivity index (χ1) is 10.7. The van der Waals surface area contributed by atoms with Gasteiger partial charge in [-0.05, 0) is 48.9 Å². The van der Waals surface area contributed by atoms with Crippen LogP contribution in [0.3, 0.4) is 0 Å². The molecule has 2 rings (SSSR count). The predicted octanol–water partition coefficient (Wildman–Crippen LogP) is 3.81. The Morgan fingerprint density at radius 2 is 1.86 bits per heavy atom. The highest BCUT2D eigenvalue weighted by molar-refractivity contribution is 5.85. The summed E-state index contributed by atoms with van der Waals surface area (Å²) in [6.07, 6.45) is 0.597. The van der Waals surface area contributed by atoms with Crippen LogP contribution in [0.4, 0.5) is 14.9 Å². The number of benzene rings is 2. The number of nitrogens with one attached hydrogen (secondary N) is 1. The van der Waals surface area contributed by atoms with Gasteiger partial charge in [-0.25, -0.2) is 9.18 Å². The lowest BCUT2D eigenvalue weighted by molar-refractivity contribution is 0.167. The van der Waals surface area contributed by atoms with E-state index >= 15 is 0 Å². The zero-order valence-electron chi connectivity index (χ0n) is 12.0. The van der Waals surface area contributed by atoms with Crippen molar-refractivity contribution in [1.29, 1.82) is 0 Å². The molecule has 0 heterocycles. The average molecular weight is 302 g/mol. The van der Waals surface area contributed by atoms with E-state index in [1.165, 1.54) is 30.5 Å². The van der Waals surface area contributed by atoms with E-state index in [-0.39, 0.29) is 5.82 Å². The molecule has 114 valence electrons. The van der Waals surface area contributed by atoms with E-state index < -0.39 is 6.09 Å². The summed E-state index contributed by atoms with van der Waals surface area (Å²) in [4.78, 5) is 16.2. The van der Waals surface area contributed by atoms with E-state index in [1.807, 2.05) is 6.92 Å². The van der Waals surface area contributed by atoms with Crippen LogP contribution < -0.4 is 10.1 Å². The largest absolute Gasteiger partial charge is 0.494 e. The number of carbonyl (C=O) groups excluding carboxylic acids is 1. The minimum absolute atomic E-state index is 0.341. The maximum Gasteiger partial charge on any atom is 0.437 e. The summed E-state index contributed by atoms with van der Waals surface area (Å²) in [5.41, 5.74) is 1.18. The van der Waals surface area contributed by atoms with Crippen LogP contribution in [0.15, 0.2) is 53.7 Å². The van der Waals surface area contributed by atoms with Crippen molar-refractivity contribution in [3.05, 3.63) is 59.9 Å². The van der Waals surface area contributed by atoms with Gasteiger partial charge in [0.15, 0.2) is 0 Å². The topological polar surface area (TPSA) is 59.9 Å². The average Bonchev–Trinajstić information content (AvgIpc) is 2.51. The monoisotopic (exact) mass is 302 g/mol. The Labute approximate surface area is 127 Å². The van der Waals surface area contributed by atoms with E-state index in [9.17, 15) is 9.18 Å². The molecule has 0 fully saturated rings. The maximum atomic E-state index is 12.7. The number of hydrogen-bond donors (Lipinski definition) is 1. The van der Waals surface area contributed by atoms with Crippen LogP contribution in [0.5, 0.6) is 5.75 Å². The highest BCUT2D eigenvalue weighted by atomic mass is 19.1. The summed E-state index contributed by atoms with van der Waals surface area (Å²) in [6, 6.07) is 12.5. The van der Waals surface area contributed by atoms with Crippen molar-refractivity contribution in [1.82, 2.24) is 0 Å². The van der Waals surface area contributed by atoms with Crippen LogP contribution in [0.25, 0.3) is 0 Å². The Morgan fingerprint density at radius 3 is 2.50 bits per heavy atom. The lowest BCUT2D eigenvalue weighted by atomic mass is 10.2. The number of halogens is 1. The molecular weight excluding hydrogens is 287 g/mol. The molecule has 1 N–H and O–H groups in total. The third kappa shape index (κ3) is 4.90. The van der Waals surface area contributed by atoms with Crippen molar-refractivity contribution in [3.8, 4) is 5.75 Å². The second-order valence-electron chi connectivity index (χ2n) is 4.25. The fourth-order valence-electron chi connectivity index (χ4n) is 1.63. The van der Waals surface area contributed by atoms with Gasteiger partial charge in [-0.3, -0.25) is 10.2 Å². The molecule has 0 radical (unpaired) electrons. The Morgan fingerprint density at radius 1 is 1.18 bits per heavy atom. The SMILES string of the molecule is CCOc1ccc(NC(=O)O/N=C/c2ccc(F)cc2)cc1. The standard InChI is InChI=1S/C16H15FN2O3/c1-2-21-15-9-7-14(8-10-15)19-16(20)22-18-11-12-3-5-13(17)6-4-12/h3-11H,2H2,1H3,(H,19,20)/b18-11+. The van der Waals surface area contributed by atoms with E-state index in [0.717, 1.165) is 5.75 Å². The van der Waals surface area contributed by atoms with Crippen molar-refractivity contribution < 1.29 is 18.8 Å². The van der Waals surface area contributed by atoms with Crippen molar-refractivity contribution in [2.75, 3.05) is 11.9 Å². The predicted molar refractivity (Wildman–Crippen MR) is 81.7 cm³/mol. The first kappa shape index (κ1) is 15.5. The molecule has 0 unspecified atom stereocenters. The van der Waals surface area contributed by atoms with E-state index in [2.05, 4.69) is 15.3 Å². The van der Waals surface area contributed by atoms with Crippen molar-refractivity contribution in [2.45, 2.75) is 6.92 Å². The van der Waals surface area contributed by atoms with Crippen LogP contribution in [0, 0.1) is 5.82 Å². The van der Waals surface area contributed by atoms with Crippen LogP contribution in [0.1, 0.15) is 12.5 Å². The smallest absolute Gasteiger partial charge is 0.437 e. The third-order valence-corrected chi connectivity index (χ3v) is 2.62. The summed E-state index contributed by atoms with van der Waals surface area (Å²) in [7, 11) is 0. The highest BCUT2D eigenvalue weighted by Gasteiger charge is 2.02. The highest BCUT2D eigenvalue weighted by Crippen LogP contribution is 2.15. The van der Waals surface area contributed by atoms with Crippen LogP contribution in [0.2, 0.25) is 0 Å². The minimum Gasteiger partial charge on any atom is -0.494 e. The maximum absolute atomic E-state index is 12.7. The molecule has 0 aliphatic rings. The zero-order valence-corrected chi connectivity index (χ0v) is 12.0. The number of anilines is 1. The molecule has 22 heavy (non-hydrogen) atoms. The fourth-order valence-corrected chi connectivity index (χ4v) is 1.63. The van der Waals surface area contributed by atoms with Crippen molar-refractivity contribution >= 4 is 18.0 Å². The molecule has 6 heteroatoms. The summed E-state index contributed by atoms with van der Waals surface area (Å²) < 4.78 is 18.0. The molecule has 0 spiro atoms. The zero-order chi connectivity index (χ0) is 15.8. The summed E-state index contributed by atoms with van der Waals surface area (Å²) in [6.45, 7) is 2.47. The number of ether oxygens (including phenoxy) is 1. The van der Waals surface area contributed by atoms with Gasteiger partial charge in [-0.2, -0.15) is 0 Å². The van der Waals surface area contributed by atoms with E-state index in [0.29, 0.717) is 17.9 Å². The van der Waals surface area contributed by atoms with Gasteiger partial charge in [0, 0.05) is 5.69 Å². The van der Waals surface area contributed by atoms with Gasteiger partial charge in [0.2, 0.25) is 0 Å². The first-order valence-corrected chi connectivity index (χ1v) is 6.67. The van der Waals surface area contributed by atoms with Gasteiger partial charge in [0.1, 0.15) is 11.6 Å². The van der Waals surface area contributed by atoms with Gasteiger partial charge in [0.05, 0.1) is 12.8 Å². The molecule has 0 saturated heterocycles. The molecule has 5 nitrogen and oxygen atoms in total. The van der Waals surface area contributed by atoms with Crippen molar-refractivity contribution in [3.63, 3.8) is 0 Å². The minimum atomic E-state index is -0.720. The fraction of sp³-hybridized carbons (Fsp3) is 0.125. The number of carbonyl (C=O) groups is 1. The molecule has 0 atom stereocenters. The molecule has 0 bridgehead atoms. The summed E-state index contributed by atoms with van der Waals surface area (Å²) in [5.74, 6) is 0.377. The molecule has 0 aliphatic heterocycles. The Hall–Kier alpha value is -2.89. The van der Waals surface area contributed by atoms with Crippen LogP contribution >= 0.6 is 0 Å². The second kappa shape index (κ2) is 7.78. The molecule has 1 amide bonds. The van der Waals surface area contributed by atoms with Crippen LogP contribution in [-0.2, 0) is 4.84 Å².